The zero-order chi connectivity index (χ0) is 12.0. The van der Waals surface area contributed by atoms with Crippen LogP contribution in [0.1, 0.15) is 19.8 Å². The normalized spacial score (nSPS) is 19.8. The van der Waals surface area contributed by atoms with Crippen LogP contribution in [0, 0.1) is 11.8 Å². The van der Waals surface area contributed by atoms with Crippen LogP contribution in [-0.4, -0.2) is 51.2 Å². The van der Waals surface area contributed by atoms with Crippen molar-refractivity contribution in [1.29, 1.82) is 0 Å². The summed E-state index contributed by atoms with van der Waals surface area (Å²) in [6.45, 7) is 5.33. The fraction of sp³-hybridized carbons (Fsp3) is 0.917. The SMILES string of the molecule is CNCC1CCN(C(=O)C(C)COC)CC1. The lowest BCUT2D eigenvalue weighted by Crippen LogP contribution is -2.43. The van der Waals surface area contributed by atoms with E-state index in [0.29, 0.717) is 6.61 Å². The minimum atomic E-state index is -0.00847. The molecule has 0 aromatic heterocycles. The molecule has 1 amide bonds. The fourth-order valence-electron chi connectivity index (χ4n) is 2.28. The van der Waals surface area contributed by atoms with E-state index >= 15 is 0 Å². The van der Waals surface area contributed by atoms with Crippen LogP contribution in [0.3, 0.4) is 0 Å². The summed E-state index contributed by atoms with van der Waals surface area (Å²) in [6, 6.07) is 0. The average molecular weight is 228 g/mol. The van der Waals surface area contributed by atoms with Gasteiger partial charge in [0.2, 0.25) is 5.91 Å². The lowest BCUT2D eigenvalue weighted by Gasteiger charge is -2.33. The number of rotatable bonds is 5. The van der Waals surface area contributed by atoms with Gasteiger partial charge in [0, 0.05) is 20.2 Å². The summed E-state index contributed by atoms with van der Waals surface area (Å²) in [4.78, 5) is 14.0. The fourth-order valence-corrected chi connectivity index (χ4v) is 2.28. The molecule has 1 aliphatic rings. The predicted octanol–water partition coefficient (Wildman–Crippen LogP) is 0.727. The monoisotopic (exact) mass is 228 g/mol. The summed E-state index contributed by atoms with van der Waals surface area (Å²) >= 11 is 0. The molecule has 0 aromatic rings. The van der Waals surface area contributed by atoms with Gasteiger partial charge in [-0.15, -0.1) is 0 Å². The van der Waals surface area contributed by atoms with E-state index in [-0.39, 0.29) is 11.8 Å². The number of nitrogens with zero attached hydrogens (tertiary/aromatic N) is 1. The van der Waals surface area contributed by atoms with E-state index in [1.54, 1.807) is 7.11 Å². The minimum Gasteiger partial charge on any atom is -0.384 e. The van der Waals surface area contributed by atoms with Crippen LogP contribution in [0.5, 0.6) is 0 Å². The first-order chi connectivity index (χ1) is 7.69. The van der Waals surface area contributed by atoms with E-state index < -0.39 is 0 Å². The number of hydrogen-bond acceptors (Lipinski definition) is 3. The van der Waals surface area contributed by atoms with E-state index in [0.717, 1.165) is 38.4 Å². The van der Waals surface area contributed by atoms with Crippen LogP contribution in [0.15, 0.2) is 0 Å². The van der Waals surface area contributed by atoms with Gasteiger partial charge in [-0.05, 0) is 32.4 Å². The van der Waals surface area contributed by atoms with Gasteiger partial charge in [-0.3, -0.25) is 4.79 Å². The van der Waals surface area contributed by atoms with Crippen LogP contribution in [0.25, 0.3) is 0 Å². The van der Waals surface area contributed by atoms with Crippen LogP contribution in [-0.2, 0) is 9.53 Å². The maximum atomic E-state index is 12.0. The Morgan fingerprint density at radius 2 is 2.12 bits per heavy atom. The second-order valence-corrected chi connectivity index (χ2v) is 4.68. The van der Waals surface area contributed by atoms with Crippen molar-refractivity contribution in [3.63, 3.8) is 0 Å². The van der Waals surface area contributed by atoms with Gasteiger partial charge in [0.25, 0.3) is 0 Å². The molecule has 1 atom stereocenters. The Kier molecular flexibility index (Phi) is 5.77. The second kappa shape index (κ2) is 6.86. The summed E-state index contributed by atoms with van der Waals surface area (Å²) in [7, 11) is 3.63. The van der Waals surface area contributed by atoms with Crippen LogP contribution in [0.4, 0.5) is 0 Å². The highest BCUT2D eigenvalue weighted by molar-refractivity contribution is 5.78. The number of carbonyl (C=O) groups excluding carboxylic acids is 1. The number of amides is 1. The number of carbonyl (C=O) groups is 1. The second-order valence-electron chi connectivity index (χ2n) is 4.68. The molecule has 0 saturated carbocycles. The summed E-state index contributed by atoms with van der Waals surface area (Å²) in [5.41, 5.74) is 0. The lowest BCUT2D eigenvalue weighted by atomic mass is 9.96. The van der Waals surface area contributed by atoms with E-state index in [1.165, 1.54) is 0 Å². The zero-order valence-electron chi connectivity index (χ0n) is 10.7. The summed E-state index contributed by atoms with van der Waals surface area (Å²) in [6.07, 6.45) is 2.23. The van der Waals surface area contributed by atoms with Gasteiger partial charge in [0.05, 0.1) is 12.5 Å². The van der Waals surface area contributed by atoms with Crippen LogP contribution < -0.4 is 5.32 Å². The molecule has 16 heavy (non-hydrogen) atoms. The Labute approximate surface area is 98.3 Å². The summed E-state index contributed by atoms with van der Waals surface area (Å²) in [5.74, 6) is 0.961. The smallest absolute Gasteiger partial charge is 0.227 e. The molecule has 0 radical (unpaired) electrons. The Morgan fingerprint density at radius 3 is 2.62 bits per heavy atom. The molecule has 1 unspecified atom stereocenters. The quantitative estimate of drug-likeness (QED) is 0.754. The van der Waals surface area contributed by atoms with Gasteiger partial charge in [-0.25, -0.2) is 0 Å². The van der Waals surface area contributed by atoms with Crippen molar-refractivity contribution in [3.05, 3.63) is 0 Å². The maximum absolute atomic E-state index is 12.0. The van der Waals surface area contributed by atoms with E-state index in [2.05, 4.69) is 5.32 Å². The number of ether oxygens (including phenoxy) is 1. The van der Waals surface area contributed by atoms with E-state index in [4.69, 9.17) is 4.74 Å². The molecule has 1 saturated heterocycles. The standard InChI is InChI=1S/C12H24N2O2/c1-10(9-16-3)12(15)14-6-4-11(5-7-14)8-13-2/h10-11,13H,4-9H2,1-3H3. The molecule has 0 aliphatic carbocycles. The van der Waals surface area contributed by atoms with Gasteiger partial charge in [0.15, 0.2) is 0 Å². The molecule has 4 heteroatoms. The molecule has 1 heterocycles. The molecule has 1 fully saturated rings. The molecule has 0 aromatic carbocycles. The van der Waals surface area contributed by atoms with Crippen LogP contribution >= 0.6 is 0 Å². The van der Waals surface area contributed by atoms with Crippen molar-refractivity contribution in [1.82, 2.24) is 10.2 Å². The lowest BCUT2D eigenvalue weighted by molar-refractivity contribution is -0.138. The molecule has 4 nitrogen and oxygen atoms in total. The van der Waals surface area contributed by atoms with Gasteiger partial charge >= 0.3 is 0 Å². The Hall–Kier alpha value is -0.610. The number of nitrogens with one attached hydrogen (secondary N) is 1. The highest BCUT2D eigenvalue weighted by Gasteiger charge is 2.25. The van der Waals surface area contributed by atoms with Crippen molar-refractivity contribution in [3.8, 4) is 0 Å². The number of likely N-dealkylation sites (tertiary alicyclic amines) is 1. The van der Waals surface area contributed by atoms with Crippen molar-refractivity contribution in [2.24, 2.45) is 11.8 Å². The number of piperidine rings is 1. The summed E-state index contributed by atoms with van der Waals surface area (Å²) in [5, 5.41) is 3.20. The van der Waals surface area contributed by atoms with Crippen molar-refractivity contribution >= 4 is 5.91 Å². The highest BCUT2D eigenvalue weighted by atomic mass is 16.5. The van der Waals surface area contributed by atoms with Crippen molar-refractivity contribution in [2.75, 3.05) is 40.4 Å². The molecule has 1 N–H and O–H groups in total. The Morgan fingerprint density at radius 1 is 1.50 bits per heavy atom. The molecule has 0 bridgehead atoms. The third kappa shape index (κ3) is 3.76. The Bertz CT molecular complexity index is 213. The van der Waals surface area contributed by atoms with Gasteiger partial charge in [0.1, 0.15) is 0 Å². The van der Waals surface area contributed by atoms with Crippen LogP contribution in [0.2, 0.25) is 0 Å². The maximum Gasteiger partial charge on any atom is 0.227 e. The summed E-state index contributed by atoms with van der Waals surface area (Å²) < 4.78 is 5.02. The van der Waals surface area contributed by atoms with E-state index in [1.807, 2.05) is 18.9 Å². The first kappa shape index (κ1) is 13.5. The largest absolute Gasteiger partial charge is 0.384 e. The first-order valence-corrected chi connectivity index (χ1v) is 6.11. The molecular weight excluding hydrogens is 204 g/mol. The average Bonchev–Trinajstić information content (AvgIpc) is 2.30. The minimum absolute atomic E-state index is 0.00847. The third-order valence-corrected chi connectivity index (χ3v) is 3.26. The topological polar surface area (TPSA) is 41.6 Å². The van der Waals surface area contributed by atoms with Crippen molar-refractivity contribution < 1.29 is 9.53 Å². The van der Waals surface area contributed by atoms with E-state index in [9.17, 15) is 4.79 Å². The van der Waals surface area contributed by atoms with Gasteiger partial charge in [-0.2, -0.15) is 0 Å². The molecule has 94 valence electrons. The first-order valence-electron chi connectivity index (χ1n) is 6.11. The zero-order valence-corrected chi connectivity index (χ0v) is 10.7. The van der Waals surface area contributed by atoms with Gasteiger partial charge in [-0.1, -0.05) is 6.92 Å². The number of hydrogen-bond donors (Lipinski definition) is 1. The third-order valence-electron chi connectivity index (χ3n) is 3.26. The predicted molar refractivity (Wildman–Crippen MR) is 64.3 cm³/mol. The van der Waals surface area contributed by atoms with Crippen molar-refractivity contribution in [2.45, 2.75) is 19.8 Å². The number of methoxy groups -OCH3 is 1. The molecular formula is C12H24N2O2. The molecule has 0 spiro atoms. The molecule has 1 aliphatic heterocycles. The van der Waals surface area contributed by atoms with Gasteiger partial charge < -0.3 is 15.0 Å². The highest BCUT2D eigenvalue weighted by Crippen LogP contribution is 2.18. The Balaban J connectivity index is 2.32. The molecule has 1 rings (SSSR count).